The summed E-state index contributed by atoms with van der Waals surface area (Å²) < 4.78 is 1.31. The predicted molar refractivity (Wildman–Crippen MR) is 91.1 cm³/mol. The lowest BCUT2D eigenvalue weighted by molar-refractivity contribution is 0.132. The van der Waals surface area contributed by atoms with Crippen LogP contribution in [0.4, 0.5) is 0 Å². The van der Waals surface area contributed by atoms with Crippen molar-refractivity contribution < 1.29 is 0 Å². The number of rotatable bonds is 4. The molecular formula is C17H26IN. The molecule has 1 nitrogen and oxygen atoms in total. The Hall–Kier alpha value is -0.0900. The molecule has 0 aromatic heterocycles. The van der Waals surface area contributed by atoms with Crippen LogP contribution in [-0.2, 0) is 6.42 Å². The minimum Gasteiger partial charge on any atom is -0.330 e. The zero-order chi connectivity index (χ0) is 13.9. The number of halogens is 1. The zero-order valence-corrected chi connectivity index (χ0v) is 14.3. The SMILES string of the molecule is CC(C)C1CCC(CN)(Cc2ccc(I)cc2)CC1. The summed E-state index contributed by atoms with van der Waals surface area (Å²) in [6, 6.07) is 8.96. The Morgan fingerprint density at radius 3 is 2.26 bits per heavy atom. The molecule has 0 saturated heterocycles. The van der Waals surface area contributed by atoms with Crippen molar-refractivity contribution in [2.45, 2.75) is 46.0 Å². The Kier molecular flexibility index (Phi) is 5.29. The smallest absolute Gasteiger partial charge is 0.0130 e. The van der Waals surface area contributed by atoms with E-state index in [4.69, 9.17) is 5.73 Å². The van der Waals surface area contributed by atoms with E-state index in [1.807, 2.05) is 0 Å². The van der Waals surface area contributed by atoms with Crippen LogP contribution in [0.15, 0.2) is 24.3 Å². The van der Waals surface area contributed by atoms with Crippen LogP contribution in [0.1, 0.15) is 45.1 Å². The van der Waals surface area contributed by atoms with Crippen LogP contribution in [-0.4, -0.2) is 6.54 Å². The topological polar surface area (TPSA) is 26.0 Å². The summed E-state index contributed by atoms with van der Waals surface area (Å²) in [5.74, 6) is 1.74. The molecule has 0 aliphatic heterocycles. The molecule has 106 valence electrons. The Morgan fingerprint density at radius 2 is 1.79 bits per heavy atom. The normalized spacial score (nSPS) is 27.7. The van der Waals surface area contributed by atoms with E-state index in [1.54, 1.807) is 0 Å². The maximum atomic E-state index is 6.14. The van der Waals surface area contributed by atoms with E-state index in [0.29, 0.717) is 5.41 Å². The van der Waals surface area contributed by atoms with Gasteiger partial charge in [0.25, 0.3) is 0 Å². The lowest BCUT2D eigenvalue weighted by Crippen LogP contribution is -2.37. The van der Waals surface area contributed by atoms with Crippen LogP contribution < -0.4 is 5.73 Å². The average molecular weight is 371 g/mol. The van der Waals surface area contributed by atoms with Gasteiger partial charge in [-0.05, 0) is 96.2 Å². The fraction of sp³-hybridized carbons (Fsp3) is 0.647. The Bertz CT molecular complexity index is 388. The highest BCUT2D eigenvalue weighted by molar-refractivity contribution is 14.1. The van der Waals surface area contributed by atoms with Gasteiger partial charge in [-0.2, -0.15) is 0 Å². The van der Waals surface area contributed by atoms with Crippen molar-refractivity contribution in [3.63, 3.8) is 0 Å². The summed E-state index contributed by atoms with van der Waals surface area (Å²) in [6.07, 6.45) is 6.49. The van der Waals surface area contributed by atoms with Gasteiger partial charge in [0.2, 0.25) is 0 Å². The highest BCUT2D eigenvalue weighted by atomic mass is 127. The van der Waals surface area contributed by atoms with Crippen LogP contribution in [0.2, 0.25) is 0 Å². The second kappa shape index (κ2) is 6.57. The van der Waals surface area contributed by atoms with Gasteiger partial charge in [-0.25, -0.2) is 0 Å². The van der Waals surface area contributed by atoms with E-state index in [-0.39, 0.29) is 0 Å². The van der Waals surface area contributed by atoms with Crippen LogP contribution in [0.25, 0.3) is 0 Å². The molecule has 2 N–H and O–H groups in total. The van der Waals surface area contributed by atoms with E-state index in [2.05, 4.69) is 60.7 Å². The third-order valence-corrected chi connectivity index (χ3v) is 5.68. The monoisotopic (exact) mass is 371 g/mol. The molecule has 0 atom stereocenters. The zero-order valence-electron chi connectivity index (χ0n) is 12.2. The molecule has 1 aliphatic carbocycles. The Labute approximate surface area is 131 Å². The summed E-state index contributed by atoms with van der Waals surface area (Å²) >= 11 is 2.37. The van der Waals surface area contributed by atoms with E-state index >= 15 is 0 Å². The first kappa shape index (κ1) is 15.3. The fourth-order valence-electron chi connectivity index (χ4n) is 3.41. The lowest BCUT2D eigenvalue weighted by atomic mass is 9.65. The summed E-state index contributed by atoms with van der Waals surface area (Å²) in [5.41, 5.74) is 7.95. The summed E-state index contributed by atoms with van der Waals surface area (Å²) in [5, 5.41) is 0. The van der Waals surface area contributed by atoms with Crippen LogP contribution in [0.5, 0.6) is 0 Å². The first-order valence-corrected chi connectivity index (χ1v) is 8.57. The minimum atomic E-state index is 0.359. The largest absolute Gasteiger partial charge is 0.330 e. The van der Waals surface area contributed by atoms with Crippen LogP contribution in [0, 0.1) is 20.8 Å². The minimum absolute atomic E-state index is 0.359. The van der Waals surface area contributed by atoms with Crippen molar-refractivity contribution in [3.05, 3.63) is 33.4 Å². The van der Waals surface area contributed by atoms with E-state index < -0.39 is 0 Å². The fourth-order valence-corrected chi connectivity index (χ4v) is 3.77. The number of hydrogen-bond acceptors (Lipinski definition) is 1. The molecule has 2 rings (SSSR count). The molecule has 0 bridgehead atoms. The maximum absolute atomic E-state index is 6.14. The second-order valence-corrected chi connectivity index (χ2v) is 7.83. The van der Waals surface area contributed by atoms with Crippen LogP contribution in [0.3, 0.4) is 0 Å². The van der Waals surface area contributed by atoms with Gasteiger partial charge in [-0.15, -0.1) is 0 Å². The standard InChI is InChI=1S/C17H26IN/c1-13(2)15-7-9-17(12-19,10-8-15)11-14-3-5-16(18)6-4-14/h3-6,13,15H,7-12,19H2,1-2H3. The third-order valence-electron chi connectivity index (χ3n) is 4.96. The Morgan fingerprint density at radius 1 is 1.21 bits per heavy atom. The molecule has 2 heteroatoms. The first-order chi connectivity index (χ1) is 9.04. The molecule has 0 amide bonds. The number of nitrogens with two attached hydrogens (primary N) is 1. The van der Waals surface area contributed by atoms with E-state index in [0.717, 1.165) is 24.8 Å². The van der Waals surface area contributed by atoms with Crippen molar-refractivity contribution in [3.8, 4) is 0 Å². The molecule has 1 fully saturated rings. The molecule has 1 aliphatic rings. The predicted octanol–water partition coefficient (Wildman–Crippen LogP) is 4.63. The molecule has 1 aromatic carbocycles. The molecule has 19 heavy (non-hydrogen) atoms. The van der Waals surface area contributed by atoms with Gasteiger partial charge in [-0.1, -0.05) is 26.0 Å². The van der Waals surface area contributed by atoms with Crippen molar-refractivity contribution in [1.29, 1.82) is 0 Å². The first-order valence-electron chi connectivity index (χ1n) is 7.49. The van der Waals surface area contributed by atoms with Gasteiger partial charge in [0, 0.05) is 3.57 Å². The van der Waals surface area contributed by atoms with Crippen molar-refractivity contribution in [2.75, 3.05) is 6.54 Å². The molecule has 0 radical (unpaired) electrons. The molecule has 0 heterocycles. The highest BCUT2D eigenvalue weighted by Crippen LogP contribution is 2.42. The number of hydrogen-bond donors (Lipinski definition) is 1. The molecule has 1 saturated carbocycles. The summed E-state index contributed by atoms with van der Waals surface area (Å²) in [7, 11) is 0. The van der Waals surface area contributed by atoms with Crippen molar-refractivity contribution in [2.24, 2.45) is 23.0 Å². The van der Waals surface area contributed by atoms with Crippen LogP contribution >= 0.6 is 22.6 Å². The van der Waals surface area contributed by atoms with Crippen molar-refractivity contribution >= 4 is 22.6 Å². The average Bonchev–Trinajstić information content (AvgIpc) is 2.42. The van der Waals surface area contributed by atoms with Gasteiger partial charge in [-0.3, -0.25) is 0 Å². The van der Waals surface area contributed by atoms with Gasteiger partial charge in [0.05, 0.1) is 0 Å². The van der Waals surface area contributed by atoms with E-state index in [9.17, 15) is 0 Å². The third kappa shape index (κ3) is 3.94. The van der Waals surface area contributed by atoms with Gasteiger partial charge in [0.1, 0.15) is 0 Å². The molecule has 0 spiro atoms. The molecule has 1 aromatic rings. The van der Waals surface area contributed by atoms with Gasteiger partial charge < -0.3 is 5.73 Å². The van der Waals surface area contributed by atoms with E-state index in [1.165, 1.54) is 34.8 Å². The summed E-state index contributed by atoms with van der Waals surface area (Å²) in [6.45, 7) is 5.56. The lowest BCUT2D eigenvalue weighted by Gasteiger charge is -2.41. The quantitative estimate of drug-likeness (QED) is 0.768. The molecular weight excluding hydrogens is 345 g/mol. The maximum Gasteiger partial charge on any atom is 0.0130 e. The van der Waals surface area contributed by atoms with Gasteiger partial charge >= 0.3 is 0 Å². The van der Waals surface area contributed by atoms with Gasteiger partial charge in [0.15, 0.2) is 0 Å². The molecule has 0 unspecified atom stereocenters. The van der Waals surface area contributed by atoms with Crippen molar-refractivity contribution in [1.82, 2.24) is 0 Å². The second-order valence-electron chi connectivity index (χ2n) is 6.59. The highest BCUT2D eigenvalue weighted by Gasteiger charge is 2.34. The number of benzene rings is 1. The Balaban J connectivity index is 2.02. The summed E-state index contributed by atoms with van der Waals surface area (Å²) in [4.78, 5) is 0.